The highest BCUT2D eigenvalue weighted by atomic mass is 79.9. The van der Waals surface area contributed by atoms with E-state index >= 15 is 0 Å². The molecule has 0 saturated heterocycles. The Balaban J connectivity index is 2.00. The first-order chi connectivity index (χ1) is 9.70. The van der Waals surface area contributed by atoms with Crippen LogP contribution in [0.4, 0.5) is 0 Å². The molecule has 0 heterocycles. The van der Waals surface area contributed by atoms with Gasteiger partial charge in [0.15, 0.2) is 5.78 Å². The largest absolute Gasteiger partial charge is 0.370 e. The topological polar surface area (TPSA) is 26.3 Å². The minimum Gasteiger partial charge on any atom is -0.370 e. The fourth-order valence-corrected chi connectivity index (χ4v) is 3.28. The van der Waals surface area contributed by atoms with E-state index in [2.05, 4.69) is 15.9 Å². The molecule has 3 heteroatoms. The second-order valence-electron chi connectivity index (χ2n) is 5.54. The molecule has 1 unspecified atom stereocenters. The molecule has 0 spiro atoms. The van der Waals surface area contributed by atoms with Crippen molar-refractivity contribution in [3.8, 4) is 0 Å². The summed E-state index contributed by atoms with van der Waals surface area (Å²) in [4.78, 5) is 12.6. The summed E-state index contributed by atoms with van der Waals surface area (Å²) in [5.41, 5.74) is 1.07. The normalized spacial score (nSPS) is 17.9. The van der Waals surface area contributed by atoms with Crippen LogP contribution in [0.5, 0.6) is 0 Å². The van der Waals surface area contributed by atoms with Crippen molar-refractivity contribution in [1.29, 1.82) is 0 Å². The van der Waals surface area contributed by atoms with Crippen molar-refractivity contribution in [1.82, 2.24) is 0 Å². The lowest BCUT2D eigenvalue weighted by atomic mass is 9.82. The van der Waals surface area contributed by atoms with Gasteiger partial charge in [0.2, 0.25) is 0 Å². The molecular formula is C17H23BrO2. The fraction of sp³-hybridized carbons (Fsp3) is 0.588. The van der Waals surface area contributed by atoms with E-state index in [4.69, 9.17) is 4.74 Å². The van der Waals surface area contributed by atoms with Gasteiger partial charge in [-0.2, -0.15) is 0 Å². The Kier molecular flexibility index (Phi) is 6.24. The van der Waals surface area contributed by atoms with Crippen LogP contribution in [0, 0.1) is 5.92 Å². The molecule has 1 aliphatic rings. The Morgan fingerprint density at radius 2 is 1.90 bits per heavy atom. The highest BCUT2D eigenvalue weighted by Gasteiger charge is 2.29. The fourth-order valence-electron chi connectivity index (χ4n) is 3.01. The molecule has 0 amide bonds. The van der Waals surface area contributed by atoms with Crippen molar-refractivity contribution >= 4 is 21.7 Å². The van der Waals surface area contributed by atoms with E-state index in [1.807, 2.05) is 31.2 Å². The summed E-state index contributed by atoms with van der Waals surface area (Å²) in [7, 11) is 0. The number of ketones is 1. The average Bonchev–Trinajstić information content (AvgIpc) is 2.48. The first-order valence-corrected chi connectivity index (χ1v) is 8.38. The van der Waals surface area contributed by atoms with Crippen LogP contribution in [-0.4, -0.2) is 18.5 Å². The molecule has 0 aliphatic heterocycles. The van der Waals surface area contributed by atoms with Crippen molar-refractivity contribution in [2.24, 2.45) is 5.92 Å². The maximum absolute atomic E-state index is 12.6. The Bertz CT molecular complexity index is 421. The Morgan fingerprint density at radius 3 is 2.50 bits per heavy atom. The van der Waals surface area contributed by atoms with Gasteiger partial charge in [-0.3, -0.25) is 4.79 Å². The van der Waals surface area contributed by atoms with Gasteiger partial charge >= 0.3 is 0 Å². The predicted octanol–water partition coefficient (Wildman–Crippen LogP) is 4.55. The van der Waals surface area contributed by atoms with E-state index in [0.717, 1.165) is 22.9 Å². The average molecular weight is 339 g/mol. The van der Waals surface area contributed by atoms with Crippen LogP contribution in [0.25, 0.3) is 0 Å². The van der Waals surface area contributed by atoms with Crippen molar-refractivity contribution < 1.29 is 9.53 Å². The molecule has 1 atom stereocenters. The molecule has 0 N–H and O–H groups in total. The zero-order chi connectivity index (χ0) is 14.4. The van der Waals surface area contributed by atoms with Crippen LogP contribution in [0.2, 0.25) is 0 Å². The third kappa shape index (κ3) is 4.42. The first-order valence-electron chi connectivity index (χ1n) is 7.59. The van der Waals surface area contributed by atoms with Crippen LogP contribution < -0.4 is 0 Å². The SMILES string of the molecule is CCOC(C(=O)Cc1ccc(Br)cc1)C1CCCCC1. The Hall–Kier alpha value is -0.670. The van der Waals surface area contributed by atoms with Crippen LogP contribution in [0.1, 0.15) is 44.6 Å². The number of benzene rings is 1. The minimum absolute atomic E-state index is 0.205. The summed E-state index contributed by atoms with van der Waals surface area (Å²) < 4.78 is 6.82. The second kappa shape index (κ2) is 7.94. The van der Waals surface area contributed by atoms with Gasteiger partial charge in [-0.1, -0.05) is 47.3 Å². The number of rotatable bonds is 6. The maximum atomic E-state index is 12.6. The number of ether oxygens (including phenoxy) is 1. The van der Waals surface area contributed by atoms with Crippen molar-refractivity contribution in [2.75, 3.05) is 6.61 Å². The Labute approximate surface area is 130 Å². The molecule has 2 rings (SSSR count). The van der Waals surface area contributed by atoms with Gasteiger partial charge in [-0.15, -0.1) is 0 Å². The van der Waals surface area contributed by atoms with Crippen molar-refractivity contribution in [3.63, 3.8) is 0 Å². The van der Waals surface area contributed by atoms with Gasteiger partial charge < -0.3 is 4.74 Å². The van der Waals surface area contributed by atoms with E-state index < -0.39 is 0 Å². The van der Waals surface area contributed by atoms with Crippen LogP contribution in [-0.2, 0) is 16.0 Å². The molecule has 1 aliphatic carbocycles. The molecule has 1 aromatic rings. The van der Waals surface area contributed by atoms with Crippen LogP contribution >= 0.6 is 15.9 Å². The summed E-state index contributed by atoms with van der Waals surface area (Å²) in [5, 5.41) is 0. The van der Waals surface area contributed by atoms with E-state index in [1.54, 1.807) is 0 Å². The summed E-state index contributed by atoms with van der Waals surface area (Å²) in [6, 6.07) is 7.98. The zero-order valence-corrected chi connectivity index (χ0v) is 13.7. The molecule has 0 aromatic heterocycles. The monoisotopic (exact) mass is 338 g/mol. The highest BCUT2D eigenvalue weighted by Crippen LogP contribution is 2.29. The third-order valence-electron chi connectivity index (χ3n) is 4.03. The van der Waals surface area contributed by atoms with Crippen molar-refractivity contribution in [2.45, 2.75) is 51.6 Å². The molecular weight excluding hydrogens is 316 g/mol. The third-order valence-corrected chi connectivity index (χ3v) is 4.56. The van der Waals surface area contributed by atoms with Crippen LogP contribution in [0.15, 0.2) is 28.7 Å². The Morgan fingerprint density at radius 1 is 1.25 bits per heavy atom. The van der Waals surface area contributed by atoms with E-state index in [9.17, 15) is 4.79 Å². The standard InChI is InChI=1S/C17H23BrO2/c1-2-20-17(14-6-4-3-5-7-14)16(19)12-13-8-10-15(18)11-9-13/h8-11,14,17H,2-7,12H2,1H3. The quantitative estimate of drug-likeness (QED) is 0.760. The van der Waals surface area contributed by atoms with Crippen molar-refractivity contribution in [3.05, 3.63) is 34.3 Å². The lowest BCUT2D eigenvalue weighted by molar-refractivity contribution is -0.134. The number of hydrogen-bond acceptors (Lipinski definition) is 2. The predicted molar refractivity (Wildman–Crippen MR) is 84.8 cm³/mol. The highest BCUT2D eigenvalue weighted by molar-refractivity contribution is 9.10. The number of hydrogen-bond donors (Lipinski definition) is 0. The van der Waals surface area contributed by atoms with Gasteiger partial charge in [-0.05, 0) is 43.4 Å². The first kappa shape index (κ1) is 15.7. The molecule has 110 valence electrons. The number of Topliss-reactive ketones (excluding diaryl/α,β-unsaturated/α-hetero) is 1. The second-order valence-corrected chi connectivity index (χ2v) is 6.46. The van der Waals surface area contributed by atoms with Gasteiger partial charge in [0.25, 0.3) is 0 Å². The lowest BCUT2D eigenvalue weighted by Crippen LogP contribution is -2.35. The summed E-state index contributed by atoms with van der Waals surface area (Å²) in [5.74, 6) is 0.660. The summed E-state index contributed by atoms with van der Waals surface area (Å²) in [6.45, 7) is 2.59. The van der Waals surface area contributed by atoms with E-state index in [-0.39, 0.29) is 11.9 Å². The molecule has 1 aromatic carbocycles. The molecule has 1 fully saturated rings. The minimum atomic E-state index is -0.205. The number of carbonyl (C=O) groups excluding carboxylic acids is 1. The van der Waals surface area contributed by atoms with Gasteiger partial charge in [-0.25, -0.2) is 0 Å². The summed E-state index contributed by atoms with van der Waals surface area (Å²) >= 11 is 3.42. The summed E-state index contributed by atoms with van der Waals surface area (Å²) in [6.07, 6.45) is 6.32. The molecule has 1 saturated carbocycles. The maximum Gasteiger partial charge on any atom is 0.166 e. The van der Waals surface area contributed by atoms with Crippen LogP contribution in [0.3, 0.4) is 0 Å². The van der Waals surface area contributed by atoms with E-state index in [0.29, 0.717) is 18.9 Å². The van der Waals surface area contributed by atoms with Gasteiger partial charge in [0.05, 0.1) is 0 Å². The lowest BCUT2D eigenvalue weighted by Gasteiger charge is -2.29. The molecule has 0 radical (unpaired) electrons. The smallest absolute Gasteiger partial charge is 0.166 e. The molecule has 2 nitrogen and oxygen atoms in total. The van der Waals surface area contributed by atoms with Gasteiger partial charge in [0, 0.05) is 17.5 Å². The zero-order valence-electron chi connectivity index (χ0n) is 12.1. The molecule has 20 heavy (non-hydrogen) atoms. The van der Waals surface area contributed by atoms with Gasteiger partial charge in [0.1, 0.15) is 6.10 Å². The number of halogens is 1. The number of carbonyl (C=O) groups is 1. The molecule has 0 bridgehead atoms. The van der Waals surface area contributed by atoms with E-state index in [1.165, 1.54) is 19.3 Å².